The molecule has 2 unspecified atom stereocenters. The number of likely N-dealkylation sites (N-methyl/N-ethyl adjacent to an activating group) is 1. The third-order valence-corrected chi connectivity index (χ3v) is 6.87. The van der Waals surface area contributed by atoms with Gasteiger partial charge in [0.15, 0.2) is 0 Å². The summed E-state index contributed by atoms with van der Waals surface area (Å²) in [6.45, 7) is 30.6. The maximum atomic E-state index is 5.83. The molecular weight excluding hydrogens is 472 g/mol. The number of hydrogen-bond donors (Lipinski definition) is 1. The number of hydrogen-bond acceptors (Lipinski definition) is 6. The van der Waals surface area contributed by atoms with E-state index in [0.29, 0.717) is 6.04 Å². The lowest BCUT2D eigenvalue weighted by atomic mass is 9.99. The van der Waals surface area contributed by atoms with Gasteiger partial charge in [-0.15, -0.1) is 0 Å². The summed E-state index contributed by atoms with van der Waals surface area (Å²) in [6.07, 6.45) is 7.92. The SMILES string of the molecule is CCN1CCCC(COC(C)(C)C)C1.CN(C)CCCNC(C)(C)C.CN1CCCCC1COC(C)(C)C. The number of rotatable bonds is 9. The second kappa shape index (κ2) is 19.0. The predicted molar refractivity (Wildman–Crippen MR) is 167 cm³/mol. The third-order valence-electron chi connectivity index (χ3n) is 6.87. The Morgan fingerprint density at radius 2 is 1.42 bits per heavy atom. The van der Waals surface area contributed by atoms with Gasteiger partial charge in [-0.25, -0.2) is 0 Å². The van der Waals surface area contributed by atoms with E-state index in [9.17, 15) is 0 Å². The first-order valence-corrected chi connectivity index (χ1v) is 15.5. The topological polar surface area (TPSA) is 40.2 Å². The van der Waals surface area contributed by atoms with Gasteiger partial charge in [0.05, 0.1) is 24.4 Å². The molecule has 2 aliphatic heterocycles. The molecule has 6 heteroatoms. The molecule has 2 aliphatic rings. The van der Waals surface area contributed by atoms with Gasteiger partial charge < -0.3 is 29.5 Å². The Bertz CT molecular complexity index is 563. The summed E-state index contributed by atoms with van der Waals surface area (Å²) >= 11 is 0. The molecule has 0 aliphatic carbocycles. The molecule has 0 spiro atoms. The molecule has 0 amide bonds. The predicted octanol–water partition coefficient (Wildman–Crippen LogP) is 6.15. The maximum Gasteiger partial charge on any atom is 0.0628 e. The summed E-state index contributed by atoms with van der Waals surface area (Å²) in [7, 11) is 6.42. The monoisotopic (exact) mass is 543 g/mol. The van der Waals surface area contributed by atoms with E-state index in [1.165, 1.54) is 71.2 Å². The zero-order valence-corrected chi connectivity index (χ0v) is 28.2. The van der Waals surface area contributed by atoms with Crippen LogP contribution < -0.4 is 5.32 Å². The quantitative estimate of drug-likeness (QED) is 0.353. The van der Waals surface area contributed by atoms with Crippen LogP contribution in [0.1, 0.15) is 108 Å². The molecule has 230 valence electrons. The zero-order valence-electron chi connectivity index (χ0n) is 28.2. The highest BCUT2D eigenvalue weighted by Crippen LogP contribution is 2.19. The summed E-state index contributed by atoms with van der Waals surface area (Å²) < 4.78 is 11.6. The lowest BCUT2D eigenvalue weighted by Crippen LogP contribution is -2.41. The minimum absolute atomic E-state index is 0.0122. The Balaban J connectivity index is 0.000000545. The fraction of sp³-hybridized carbons (Fsp3) is 1.00. The minimum Gasteiger partial charge on any atom is -0.376 e. The van der Waals surface area contributed by atoms with Gasteiger partial charge in [0, 0.05) is 18.1 Å². The van der Waals surface area contributed by atoms with Crippen molar-refractivity contribution >= 4 is 0 Å². The van der Waals surface area contributed by atoms with Crippen molar-refractivity contribution in [2.45, 2.75) is 131 Å². The van der Waals surface area contributed by atoms with Crippen LogP contribution in [0.2, 0.25) is 0 Å². The number of ether oxygens (including phenoxy) is 2. The second-order valence-electron chi connectivity index (χ2n) is 14.7. The molecular formula is C32H70N4O2. The highest BCUT2D eigenvalue weighted by atomic mass is 16.5. The average molecular weight is 543 g/mol. The first kappa shape index (κ1) is 37.8. The normalized spacial score (nSPS) is 21.9. The second-order valence-corrected chi connectivity index (χ2v) is 14.7. The van der Waals surface area contributed by atoms with E-state index >= 15 is 0 Å². The lowest BCUT2D eigenvalue weighted by molar-refractivity contribution is -0.0380. The molecule has 2 saturated heterocycles. The van der Waals surface area contributed by atoms with Gasteiger partial charge in [-0.1, -0.05) is 13.3 Å². The smallest absolute Gasteiger partial charge is 0.0628 e. The van der Waals surface area contributed by atoms with Crippen LogP contribution in [-0.4, -0.2) is 111 Å². The van der Waals surface area contributed by atoms with E-state index in [2.05, 4.69) is 110 Å². The number of nitrogens with one attached hydrogen (secondary N) is 1. The van der Waals surface area contributed by atoms with Crippen LogP contribution in [0.3, 0.4) is 0 Å². The maximum absolute atomic E-state index is 5.83. The lowest BCUT2D eigenvalue weighted by Gasteiger charge is -2.34. The Morgan fingerprint density at radius 1 is 0.816 bits per heavy atom. The molecule has 2 heterocycles. The van der Waals surface area contributed by atoms with Crippen LogP contribution in [0.4, 0.5) is 0 Å². The summed E-state index contributed by atoms with van der Waals surface area (Å²) in [5, 5.41) is 3.45. The molecule has 2 atom stereocenters. The molecule has 0 bridgehead atoms. The van der Waals surface area contributed by atoms with Crippen molar-refractivity contribution < 1.29 is 9.47 Å². The van der Waals surface area contributed by atoms with Crippen molar-refractivity contribution in [1.29, 1.82) is 0 Å². The van der Waals surface area contributed by atoms with Gasteiger partial charge in [0.1, 0.15) is 0 Å². The van der Waals surface area contributed by atoms with Crippen LogP contribution in [0, 0.1) is 5.92 Å². The number of likely N-dealkylation sites (tertiary alicyclic amines) is 2. The Hall–Kier alpha value is -0.240. The molecule has 0 radical (unpaired) electrons. The van der Waals surface area contributed by atoms with Crippen LogP contribution in [0.25, 0.3) is 0 Å². The van der Waals surface area contributed by atoms with Gasteiger partial charge in [0.25, 0.3) is 0 Å². The van der Waals surface area contributed by atoms with Crippen LogP contribution in [0.15, 0.2) is 0 Å². The van der Waals surface area contributed by atoms with Crippen molar-refractivity contribution in [3.05, 3.63) is 0 Å². The van der Waals surface area contributed by atoms with E-state index in [-0.39, 0.29) is 16.7 Å². The van der Waals surface area contributed by atoms with E-state index in [4.69, 9.17) is 9.47 Å². The van der Waals surface area contributed by atoms with E-state index < -0.39 is 0 Å². The van der Waals surface area contributed by atoms with Gasteiger partial charge in [0.2, 0.25) is 0 Å². The average Bonchev–Trinajstić information content (AvgIpc) is 2.79. The molecule has 0 aromatic carbocycles. The van der Waals surface area contributed by atoms with Crippen molar-refractivity contribution in [1.82, 2.24) is 20.0 Å². The van der Waals surface area contributed by atoms with Crippen LogP contribution in [-0.2, 0) is 9.47 Å². The van der Waals surface area contributed by atoms with Crippen molar-refractivity contribution in [3.63, 3.8) is 0 Å². The molecule has 0 saturated carbocycles. The first-order chi connectivity index (χ1) is 17.4. The molecule has 1 N–H and O–H groups in total. The molecule has 0 aromatic heterocycles. The first-order valence-electron chi connectivity index (χ1n) is 15.5. The van der Waals surface area contributed by atoms with E-state index in [1.54, 1.807) is 0 Å². The highest BCUT2D eigenvalue weighted by molar-refractivity contribution is 4.75. The van der Waals surface area contributed by atoms with Gasteiger partial charge in [-0.3, -0.25) is 0 Å². The van der Waals surface area contributed by atoms with Crippen molar-refractivity contribution in [3.8, 4) is 0 Å². The largest absolute Gasteiger partial charge is 0.376 e. The Kier molecular flexibility index (Phi) is 18.9. The third kappa shape index (κ3) is 23.6. The van der Waals surface area contributed by atoms with Gasteiger partial charge in [-0.05, 0) is 154 Å². The van der Waals surface area contributed by atoms with Crippen molar-refractivity contribution in [2.24, 2.45) is 5.92 Å². The summed E-state index contributed by atoms with van der Waals surface area (Å²) in [4.78, 5) is 7.17. The van der Waals surface area contributed by atoms with E-state index in [0.717, 1.165) is 25.7 Å². The molecule has 2 rings (SSSR count). The molecule has 38 heavy (non-hydrogen) atoms. The minimum atomic E-state index is 0.0122. The summed E-state index contributed by atoms with van der Waals surface area (Å²) in [5.74, 6) is 0.753. The van der Waals surface area contributed by atoms with Gasteiger partial charge in [-0.2, -0.15) is 0 Å². The van der Waals surface area contributed by atoms with E-state index in [1.807, 2.05) is 0 Å². The standard InChI is InChI=1S/C12H25NO.C11H23NO.C9H22N2/c1-5-13-8-6-7-11(9-13)10-14-12(2,3)4;1-11(2,3)13-9-10-7-5-6-8-12(10)4;1-9(2,3)10-7-6-8-11(4)5/h11H,5-10H2,1-4H3;10H,5-9H2,1-4H3;10H,6-8H2,1-5H3. The van der Waals surface area contributed by atoms with Crippen LogP contribution >= 0.6 is 0 Å². The summed E-state index contributed by atoms with van der Waals surface area (Å²) in [6, 6.07) is 0.646. The Morgan fingerprint density at radius 3 is 1.92 bits per heavy atom. The van der Waals surface area contributed by atoms with Crippen LogP contribution in [0.5, 0.6) is 0 Å². The number of nitrogens with zero attached hydrogens (tertiary/aromatic N) is 3. The van der Waals surface area contributed by atoms with Crippen molar-refractivity contribution in [2.75, 3.05) is 73.6 Å². The molecule has 2 fully saturated rings. The molecule has 6 nitrogen and oxygen atoms in total. The number of piperidine rings is 2. The highest BCUT2D eigenvalue weighted by Gasteiger charge is 2.22. The Labute approximate surface area is 239 Å². The zero-order chi connectivity index (χ0) is 29.4. The fourth-order valence-corrected chi connectivity index (χ4v) is 4.50. The summed E-state index contributed by atoms with van der Waals surface area (Å²) in [5.41, 5.74) is 0.305. The van der Waals surface area contributed by atoms with Gasteiger partial charge >= 0.3 is 0 Å². The fourth-order valence-electron chi connectivity index (χ4n) is 4.50. The molecule has 0 aromatic rings.